The summed E-state index contributed by atoms with van der Waals surface area (Å²) in [7, 11) is 0. The van der Waals surface area contributed by atoms with Crippen molar-refractivity contribution in [1.82, 2.24) is 10.2 Å². The van der Waals surface area contributed by atoms with Crippen LogP contribution in [0.4, 0.5) is 5.13 Å². The minimum Gasteiger partial charge on any atom is -0.358 e. The highest BCUT2D eigenvalue weighted by atomic mass is 32.1. The van der Waals surface area contributed by atoms with E-state index in [1.54, 1.807) is 11.3 Å². The van der Waals surface area contributed by atoms with Crippen molar-refractivity contribution in [2.75, 3.05) is 5.32 Å². The van der Waals surface area contributed by atoms with Crippen molar-refractivity contribution in [1.29, 1.82) is 0 Å². The van der Waals surface area contributed by atoms with Gasteiger partial charge in [0.1, 0.15) is 5.01 Å². The number of aryl methyl sites for hydroxylation is 1. The molecule has 1 heterocycles. The van der Waals surface area contributed by atoms with Gasteiger partial charge >= 0.3 is 0 Å². The first kappa shape index (κ1) is 9.45. The highest BCUT2D eigenvalue weighted by Crippen LogP contribution is 2.16. The topological polar surface area (TPSA) is 37.8 Å². The lowest BCUT2D eigenvalue weighted by atomic mass is 10.3. The third-order valence-electron chi connectivity index (χ3n) is 1.75. The van der Waals surface area contributed by atoms with Gasteiger partial charge in [0.15, 0.2) is 0 Å². The standard InChI is InChI=1S/C8H15N3S/c1-4-6(3)9-8-11-10-7(5-2)12-8/h6H,4-5H2,1-3H3,(H,9,11). The molecule has 0 fully saturated rings. The van der Waals surface area contributed by atoms with E-state index in [1.165, 1.54) is 0 Å². The van der Waals surface area contributed by atoms with E-state index in [9.17, 15) is 0 Å². The fourth-order valence-corrected chi connectivity index (χ4v) is 1.56. The molecule has 1 aromatic rings. The summed E-state index contributed by atoms with van der Waals surface area (Å²) in [6, 6.07) is 0.489. The van der Waals surface area contributed by atoms with Crippen LogP contribution in [0.25, 0.3) is 0 Å². The van der Waals surface area contributed by atoms with Crippen LogP contribution in [0.1, 0.15) is 32.2 Å². The van der Waals surface area contributed by atoms with E-state index < -0.39 is 0 Å². The van der Waals surface area contributed by atoms with Crippen LogP contribution in [0.15, 0.2) is 0 Å². The Morgan fingerprint density at radius 3 is 2.67 bits per heavy atom. The molecule has 68 valence electrons. The molecular weight excluding hydrogens is 170 g/mol. The lowest BCUT2D eigenvalue weighted by molar-refractivity contribution is 0.759. The van der Waals surface area contributed by atoms with Gasteiger partial charge in [-0.3, -0.25) is 0 Å². The van der Waals surface area contributed by atoms with Crippen LogP contribution in [0.3, 0.4) is 0 Å². The molecule has 1 atom stereocenters. The molecule has 0 bridgehead atoms. The molecular formula is C8H15N3S. The Hall–Kier alpha value is -0.640. The summed E-state index contributed by atoms with van der Waals surface area (Å²) in [5.41, 5.74) is 0. The molecule has 0 aliphatic heterocycles. The van der Waals surface area contributed by atoms with Crippen LogP contribution >= 0.6 is 11.3 Å². The Kier molecular flexibility index (Phi) is 3.47. The molecule has 1 aromatic heterocycles. The molecule has 0 aromatic carbocycles. The summed E-state index contributed by atoms with van der Waals surface area (Å²) in [6.45, 7) is 6.39. The maximum atomic E-state index is 4.03. The van der Waals surface area contributed by atoms with E-state index in [2.05, 4.69) is 36.3 Å². The van der Waals surface area contributed by atoms with E-state index in [0.717, 1.165) is 23.0 Å². The monoisotopic (exact) mass is 185 g/mol. The third-order valence-corrected chi connectivity index (χ3v) is 2.75. The molecule has 3 nitrogen and oxygen atoms in total. The van der Waals surface area contributed by atoms with Crippen molar-refractivity contribution in [3.63, 3.8) is 0 Å². The molecule has 0 aliphatic carbocycles. The van der Waals surface area contributed by atoms with E-state index in [-0.39, 0.29) is 0 Å². The van der Waals surface area contributed by atoms with Crippen LogP contribution < -0.4 is 5.32 Å². The normalized spacial score (nSPS) is 12.9. The van der Waals surface area contributed by atoms with Crippen LogP contribution in [0, 0.1) is 0 Å². The highest BCUT2D eigenvalue weighted by molar-refractivity contribution is 7.15. The summed E-state index contributed by atoms with van der Waals surface area (Å²) in [5.74, 6) is 0. The largest absolute Gasteiger partial charge is 0.358 e. The number of anilines is 1. The molecule has 0 saturated heterocycles. The summed E-state index contributed by atoms with van der Waals surface area (Å²) in [4.78, 5) is 0. The molecule has 0 spiro atoms. The quantitative estimate of drug-likeness (QED) is 0.782. The maximum absolute atomic E-state index is 4.03. The summed E-state index contributed by atoms with van der Waals surface area (Å²) < 4.78 is 0. The molecule has 1 rings (SSSR count). The zero-order valence-corrected chi connectivity index (χ0v) is 8.61. The van der Waals surface area contributed by atoms with Gasteiger partial charge in [0.05, 0.1) is 0 Å². The predicted octanol–water partition coefficient (Wildman–Crippen LogP) is 2.31. The van der Waals surface area contributed by atoms with Gasteiger partial charge < -0.3 is 5.32 Å². The van der Waals surface area contributed by atoms with Crippen molar-refractivity contribution >= 4 is 16.5 Å². The Balaban J connectivity index is 2.52. The SMILES string of the molecule is CCc1nnc(NC(C)CC)s1. The van der Waals surface area contributed by atoms with Crippen LogP contribution in [0.5, 0.6) is 0 Å². The Bertz CT molecular complexity index is 234. The molecule has 0 saturated carbocycles. The Morgan fingerprint density at radius 2 is 2.17 bits per heavy atom. The maximum Gasteiger partial charge on any atom is 0.205 e. The first-order chi connectivity index (χ1) is 5.76. The Labute approximate surface area is 77.2 Å². The zero-order chi connectivity index (χ0) is 8.97. The van der Waals surface area contributed by atoms with Gasteiger partial charge in [0.25, 0.3) is 0 Å². The zero-order valence-electron chi connectivity index (χ0n) is 7.79. The minimum absolute atomic E-state index is 0.489. The van der Waals surface area contributed by atoms with Gasteiger partial charge in [-0.05, 0) is 19.8 Å². The van der Waals surface area contributed by atoms with Gasteiger partial charge in [-0.25, -0.2) is 0 Å². The lowest BCUT2D eigenvalue weighted by Crippen LogP contribution is -2.12. The smallest absolute Gasteiger partial charge is 0.205 e. The van der Waals surface area contributed by atoms with Crippen molar-refractivity contribution in [3.8, 4) is 0 Å². The molecule has 0 aliphatic rings. The van der Waals surface area contributed by atoms with E-state index in [1.807, 2.05) is 0 Å². The van der Waals surface area contributed by atoms with Gasteiger partial charge in [-0.15, -0.1) is 10.2 Å². The van der Waals surface area contributed by atoms with Gasteiger partial charge in [-0.1, -0.05) is 25.2 Å². The fourth-order valence-electron chi connectivity index (χ4n) is 0.768. The van der Waals surface area contributed by atoms with E-state index in [0.29, 0.717) is 6.04 Å². The predicted molar refractivity (Wildman–Crippen MR) is 52.7 cm³/mol. The molecule has 0 radical (unpaired) electrons. The molecule has 1 N–H and O–H groups in total. The average molecular weight is 185 g/mol. The van der Waals surface area contributed by atoms with E-state index in [4.69, 9.17) is 0 Å². The number of nitrogens with one attached hydrogen (secondary N) is 1. The van der Waals surface area contributed by atoms with Crippen LogP contribution in [0.2, 0.25) is 0 Å². The second-order valence-corrected chi connectivity index (χ2v) is 3.87. The third kappa shape index (κ3) is 2.44. The van der Waals surface area contributed by atoms with Crippen molar-refractivity contribution in [2.24, 2.45) is 0 Å². The van der Waals surface area contributed by atoms with Crippen molar-refractivity contribution < 1.29 is 0 Å². The van der Waals surface area contributed by atoms with Crippen molar-refractivity contribution in [3.05, 3.63) is 5.01 Å². The fraction of sp³-hybridized carbons (Fsp3) is 0.750. The van der Waals surface area contributed by atoms with Crippen molar-refractivity contribution in [2.45, 2.75) is 39.7 Å². The number of nitrogens with zero attached hydrogens (tertiary/aromatic N) is 2. The molecule has 4 heteroatoms. The summed E-state index contributed by atoms with van der Waals surface area (Å²) >= 11 is 1.64. The molecule has 1 unspecified atom stereocenters. The second-order valence-electron chi connectivity index (χ2n) is 2.81. The van der Waals surface area contributed by atoms with Gasteiger partial charge in [0.2, 0.25) is 5.13 Å². The number of aromatic nitrogens is 2. The summed E-state index contributed by atoms with van der Waals surface area (Å²) in [6.07, 6.45) is 2.08. The highest BCUT2D eigenvalue weighted by Gasteiger charge is 2.03. The van der Waals surface area contributed by atoms with Crippen LogP contribution in [-0.4, -0.2) is 16.2 Å². The minimum atomic E-state index is 0.489. The summed E-state index contributed by atoms with van der Waals surface area (Å²) in [5, 5.41) is 13.4. The molecule has 12 heavy (non-hydrogen) atoms. The first-order valence-corrected chi connectivity index (χ1v) is 5.16. The number of hydrogen-bond donors (Lipinski definition) is 1. The Morgan fingerprint density at radius 1 is 1.42 bits per heavy atom. The number of hydrogen-bond acceptors (Lipinski definition) is 4. The lowest BCUT2D eigenvalue weighted by Gasteiger charge is -2.07. The van der Waals surface area contributed by atoms with Crippen LogP contribution in [-0.2, 0) is 6.42 Å². The number of rotatable bonds is 4. The average Bonchev–Trinajstić information content (AvgIpc) is 2.52. The van der Waals surface area contributed by atoms with E-state index >= 15 is 0 Å². The first-order valence-electron chi connectivity index (χ1n) is 4.35. The molecule has 0 amide bonds. The van der Waals surface area contributed by atoms with Gasteiger partial charge in [0, 0.05) is 6.04 Å². The van der Waals surface area contributed by atoms with Gasteiger partial charge in [-0.2, -0.15) is 0 Å². The second kappa shape index (κ2) is 4.40.